The number of aryl methyl sites for hydroxylation is 1. The number of carboxylic acid groups (broad SMARTS) is 1. The van der Waals surface area contributed by atoms with Crippen LogP contribution < -0.4 is 0 Å². The van der Waals surface area contributed by atoms with Crippen molar-refractivity contribution in [2.24, 2.45) is 0 Å². The fourth-order valence-corrected chi connectivity index (χ4v) is 2.43. The molecule has 5 heteroatoms. The maximum Gasteiger partial charge on any atom is 0.371 e. The van der Waals surface area contributed by atoms with E-state index in [2.05, 4.69) is 0 Å². The quantitative estimate of drug-likeness (QED) is 0.877. The Morgan fingerprint density at radius 2 is 2.18 bits per heavy atom. The second-order valence-corrected chi connectivity index (χ2v) is 4.77. The molecule has 0 aliphatic rings. The first kappa shape index (κ1) is 11.9. The van der Waals surface area contributed by atoms with Crippen LogP contribution in [0.2, 0.25) is 0 Å². The van der Waals surface area contributed by atoms with Gasteiger partial charge in [-0.1, -0.05) is 6.92 Å². The van der Waals surface area contributed by atoms with Crippen molar-refractivity contribution >= 4 is 17.3 Å². The zero-order valence-corrected chi connectivity index (χ0v) is 10.0. The number of carboxylic acids is 1. The predicted octanol–water partition coefficient (Wildman–Crippen LogP) is 2.68. The molecule has 0 amide bonds. The van der Waals surface area contributed by atoms with Gasteiger partial charge in [0.15, 0.2) is 0 Å². The van der Waals surface area contributed by atoms with Gasteiger partial charge in [-0.2, -0.15) is 0 Å². The van der Waals surface area contributed by atoms with Crippen LogP contribution in [0, 0.1) is 0 Å². The monoisotopic (exact) mass is 252 g/mol. The minimum Gasteiger partial charge on any atom is -0.475 e. The molecule has 2 rings (SSSR count). The molecule has 0 bridgehead atoms. The van der Waals surface area contributed by atoms with E-state index in [9.17, 15) is 9.90 Å². The fraction of sp³-hybridized carbons (Fsp3) is 0.250. The highest BCUT2D eigenvalue weighted by Crippen LogP contribution is 2.29. The number of aromatic carboxylic acids is 1. The van der Waals surface area contributed by atoms with Gasteiger partial charge in [0.1, 0.15) is 11.9 Å². The van der Waals surface area contributed by atoms with Crippen LogP contribution in [0.1, 0.15) is 39.1 Å². The van der Waals surface area contributed by atoms with Gasteiger partial charge in [0.25, 0.3) is 0 Å². The molecule has 2 heterocycles. The van der Waals surface area contributed by atoms with E-state index in [0.717, 1.165) is 11.3 Å². The Morgan fingerprint density at radius 3 is 2.71 bits per heavy atom. The van der Waals surface area contributed by atoms with Crippen LogP contribution >= 0.6 is 11.3 Å². The van der Waals surface area contributed by atoms with Gasteiger partial charge in [-0.15, -0.1) is 11.3 Å². The largest absolute Gasteiger partial charge is 0.475 e. The van der Waals surface area contributed by atoms with E-state index >= 15 is 0 Å². The summed E-state index contributed by atoms with van der Waals surface area (Å²) in [6.07, 6.45) is 0.0176. The molecule has 0 aliphatic heterocycles. The second-order valence-electron chi connectivity index (χ2n) is 3.57. The molecule has 0 fully saturated rings. The minimum atomic E-state index is -1.14. The van der Waals surface area contributed by atoms with Crippen molar-refractivity contribution in [2.75, 3.05) is 0 Å². The molecular formula is C12H12O4S. The first-order chi connectivity index (χ1) is 8.11. The fourth-order valence-electron chi connectivity index (χ4n) is 1.49. The molecule has 17 heavy (non-hydrogen) atoms. The average molecular weight is 252 g/mol. The summed E-state index contributed by atoms with van der Waals surface area (Å²) in [7, 11) is 0. The van der Waals surface area contributed by atoms with Crippen LogP contribution in [0.3, 0.4) is 0 Å². The van der Waals surface area contributed by atoms with Gasteiger partial charge in [0.2, 0.25) is 5.76 Å². The number of hydrogen-bond acceptors (Lipinski definition) is 4. The molecule has 2 aromatic heterocycles. The van der Waals surface area contributed by atoms with Crippen LogP contribution in [0.4, 0.5) is 0 Å². The predicted molar refractivity (Wildman–Crippen MR) is 63.4 cm³/mol. The number of carbonyl (C=O) groups is 1. The van der Waals surface area contributed by atoms with Gasteiger partial charge in [0.05, 0.1) is 0 Å². The van der Waals surface area contributed by atoms with Crippen molar-refractivity contribution in [2.45, 2.75) is 19.4 Å². The second kappa shape index (κ2) is 4.73. The van der Waals surface area contributed by atoms with Crippen molar-refractivity contribution in [3.63, 3.8) is 0 Å². The van der Waals surface area contributed by atoms with E-state index in [1.54, 1.807) is 0 Å². The third-order valence-corrected chi connectivity index (χ3v) is 3.69. The Balaban J connectivity index is 2.23. The molecule has 2 aromatic rings. The van der Waals surface area contributed by atoms with Gasteiger partial charge in [-0.05, 0) is 30.7 Å². The molecule has 0 radical (unpaired) electrons. The first-order valence-electron chi connectivity index (χ1n) is 5.21. The van der Waals surface area contributed by atoms with E-state index in [4.69, 9.17) is 9.52 Å². The topological polar surface area (TPSA) is 70.7 Å². The molecule has 90 valence electrons. The maximum absolute atomic E-state index is 10.7. The molecule has 0 aromatic carbocycles. The minimum absolute atomic E-state index is 0.161. The highest BCUT2D eigenvalue weighted by atomic mass is 32.1. The summed E-state index contributed by atoms with van der Waals surface area (Å²) in [6, 6.07) is 6.61. The van der Waals surface area contributed by atoms with Crippen LogP contribution in [-0.2, 0) is 6.42 Å². The first-order valence-corrected chi connectivity index (χ1v) is 6.03. The standard InChI is InChI=1S/C12H12O4S/c1-2-7-3-6-10(17-7)11(13)8-4-5-9(16-8)12(14)15/h3-6,11,13H,2H2,1H3,(H,14,15). The maximum atomic E-state index is 10.7. The molecule has 4 nitrogen and oxygen atoms in total. The number of aliphatic hydroxyl groups excluding tert-OH is 1. The van der Waals surface area contributed by atoms with Crippen molar-refractivity contribution in [1.29, 1.82) is 0 Å². The Hall–Kier alpha value is -1.59. The molecule has 1 unspecified atom stereocenters. The normalized spacial score (nSPS) is 12.6. The number of aliphatic hydroxyl groups is 1. The Kier molecular flexibility index (Phi) is 3.31. The van der Waals surface area contributed by atoms with Crippen LogP contribution in [0.15, 0.2) is 28.7 Å². The van der Waals surface area contributed by atoms with E-state index < -0.39 is 12.1 Å². The van der Waals surface area contributed by atoms with Gasteiger partial charge in [0, 0.05) is 9.75 Å². The van der Waals surface area contributed by atoms with Gasteiger partial charge >= 0.3 is 5.97 Å². The summed E-state index contributed by atoms with van der Waals surface area (Å²) in [5.41, 5.74) is 0. The molecule has 0 spiro atoms. The van der Waals surface area contributed by atoms with Gasteiger partial charge in [-0.25, -0.2) is 4.79 Å². The van der Waals surface area contributed by atoms with Crippen LogP contribution in [0.5, 0.6) is 0 Å². The van der Waals surface area contributed by atoms with E-state index in [1.165, 1.54) is 28.3 Å². The highest BCUT2D eigenvalue weighted by molar-refractivity contribution is 7.12. The lowest BCUT2D eigenvalue weighted by molar-refractivity contribution is 0.0655. The number of thiophene rings is 1. The summed E-state index contributed by atoms with van der Waals surface area (Å²) in [4.78, 5) is 12.6. The number of furan rings is 1. The number of rotatable bonds is 4. The van der Waals surface area contributed by atoms with Crippen molar-refractivity contribution < 1.29 is 19.4 Å². The molecule has 0 saturated heterocycles. The summed E-state index contributed by atoms with van der Waals surface area (Å²) in [5.74, 6) is -1.04. The molecule has 2 N–H and O–H groups in total. The third-order valence-electron chi connectivity index (χ3n) is 2.41. The lowest BCUT2D eigenvalue weighted by Crippen LogP contribution is -1.96. The zero-order chi connectivity index (χ0) is 12.4. The van der Waals surface area contributed by atoms with Gasteiger partial charge in [-0.3, -0.25) is 0 Å². The Morgan fingerprint density at radius 1 is 1.41 bits per heavy atom. The van der Waals surface area contributed by atoms with Crippen molar-refractivity contribution in [3.8, 4) is 0 Å². The summed E-state index contributed by atoms with van der Waals surface area (Å²) in [5, 5.41) is 18.7. The third kappa shape index (κ3) is 2.40. The Bertz CT molecular complexity index is 526. The summed E-state index contributed by atoms with van der Waals surface area (Å²) in [6.45, 7) is 2.04. The average Bonchev–Trinajstić information content (AvgIpc) is 2.97. The smallest absolute Gasteiger partial charge is 0.371 e. The van der Waals surface area contributed by atoms with E-state index in [-0.39, 0.29) is 11.5 Å². The van der Waals surface area contributed by atoms with Crippen molar-refractivity contribution in [3.05, 3.63) is 45.5 Å². The summed E-state index contributed by atoms with van der Waals surface area (Å²) < 4.78 is 5.06. The lowest BCUT2D eigenvalue weighted by atomic mass is 10.2. The van der Waals surface area contributed by atoms with Crippen molar-refractivity contribution in [1.82, 2.24) is 0 Å². The van der Waals surface area contributed by atoms with E-state index in [0.29, 0.717) is 0 Å². The molecule has 0 saturated carbocycles. The van der Waals surface area contributed by atoms with Gasteiger partial charge < -0.3 is 14.6 Å². The van der Waals surface area contributed by atoms with E-state index in [1.807, 2.05) is 19.1 Å². The lowest BCUT2D eigenvalue weighted by Gasteiger charge is -2.03. The van der Waals surface area contributed by atoms with Crippen LogP contribution in [-0.4, -0.2) is 16.2 Å². The number of hydrogen-bond donors (Lipinski definition) is 2. The summed E-state index contributed by atoms with van der Waals surface area (Å²) >= 11 is 1.50. The van der Waals surface area contributed by atoms with Crippen LogP contribution in [0.25, 0.3) is 0 Å². The molecular weight excluding hydrogens is 240 g/mol. The molecule has 0 aliphatic carbocycles. The molecule has 1 atom stereocenters. The zero-order valence-electron chi connectivity index (χ0n) is 9.21. The highest BCUT2D eigenvalue weighted by Gasteiger charge is 2.18. The Labute approximate surface area is 102 Å². The SMILES string of the molecule is CCc1ccc(C(O)c2ccc(C(=O)O)o2)s1.